The van der Waals surface area contributed by atoms with E-state index in [2.05, 4.69) is 20.8 Å². The van der Waals surface area contributed by atoms with Crippen molar-refractivity contribution in [2.24, 2.45) is 10.3 Å². The lowest BCUT2D eigenvalue weighted by Gasteiger charge is -2.12. The highest BCUT2D eigenvalue weighted by Crippen LogP contribution is 2.26. The van der Waals surface area contributed by atoms with E-state index in [-0.39, 0.29) is 57.1 Å². The van der Waals surface area contributed by atoms with Crippen molar-refractivity contribution in [3.05, 3.63) is 136 Å². The van der Waals surface area contributed by atoms with Gasteiger partial charge in [0.05, 0.1) is 54.3 Å². The van der Waals surface area contributed by atoms with Crippen LogP contribution in [0.3, 0.4) is 0 Å². The number of rotatable bonds is 11. The second kappa shape index (κ2) is 17.6. The van der Waals surface area contributed by atoms with Gasteiger partial charge in [-0.15, -0.1) is 0 Å². The van der Waals surface area contributed by atoms with Crippen molar-refractivity contribution in [2.75, 3.05) is 17.7 Å². The highest BCUT2D eigenvalue weighted by molar-refractivity contribution is 7.89. The monoisotopic (exact) mass is 835 g/mol. The maximum atomic E-state index is 12.3. The Morgan fingerprint density at radius 1 is 0.768 bits per heavy atom. The topological polar surface area (TPSA) is 247 Å². The lowest BCUT2D eigenvalue weighted by Crippen LogP contribution is -2.18. The van der Waals surface area contributed by atoms with Crippen LogP contribution in [0.15, 0.2) is 120 Å². The summed E-state index contributed by atoms with van der Waals surface area (Å²) >= 11 is 11.9. The van der Waals surface area contributed by atoms with Gasteiger partial charge in [0.1, 0.15) is 21.6 Å². The molecule has 2 aromatic heterocycles. The van der Waals surface area contributed by atoms with Gasteiger partial charge in [0.15, 0.2) is 0 Å². The van der Waals surface area contributed by atoms with Crippen LogP contribution >= 0.6 is 23.2 Å². The van der Waals surface area contributed by atoms with Crippen LogP contribution in [0.2, 0.25) is 10.0 Å². The maximum absolute atomic E-state index is 12.3. The first-order valence-electron chi connectivity index (χ1n) is 16.0. The zero-order chi connectivity index (χ0) is 40.6. The molecule has 0 spiro atoms. The number of primary sulfonamides is 2. The Labute approximate surface area is 331 Å². The predicted octanol–water partition coefficient (Wildman–Crippen LogP) is 4.59. The first-order valence-corrected chi connectivity index (χ1v) is 19.8. The zero-order valence-corrected chi connectivity index (χ0v) is 32.3. The first-order chi connectivity index (χ1) is 26.5. The number of nitrogens with zero attached hydrogens (tertiary/aromatic N) is 5. The third kappa shape index (κ3) is 10.8. The molecule has 6 N–H and O–H groups in total. The summed E-state index contributed by atoms with van der Waals surface area (Å²) in [6, 6.07) is 24.4. The van der Waals surface area contributed by atoms with Gasteiger partial charge in [0, 0.05) is 28.8 Å². The van der Waals surface area contributed by atoms with E-state index in [0.29, 0.717) is 27.0 Å². The molecule has 0 aliphatic carbocycles. The van der Waals surface area contributed by atoms with Gasteiger partial charge in [-0.25, -0.2) is 36.5 Å². The van der Waals surface area contributed by atoms with E-state index in [1.165, 1.54) is 64.5 Å². The molecule has 0 fully saturated rings. The molecule has 16 nitrogen and oxygen atoms in total. The average Bonchev–Trinajstić information content (AvgIpc) is 3.82. The number of ether oxygens (including phenoxy) is 1. The number of hydrogen-bond donors (Lipinski definition) is 4. The second-order valence-electron chi connectivity index (χ2n) is 11.7. The van der Waals surface area contributed by atoms with Gasteiger partial charge >= 0.3 is 0 Å². The van der Waals surface area contributed by atoms with E-state index in [4.69, 9.17) is 43.5 Å². The van der Waals surface area contributed by atoms with Crippen LogP contribution in [-0.2, 0) is 42.5 Å². The third-order valence-corrected chi connectivity index (χ3v) is 10.1. The first kappa shape index (κ1) is 41.1. The molecule has 0 atom stereocenters. The Morgan fingerprint density at radius 3 is 1.79 bits per heavy atom. The van der Waals surface area contributed by atoms with Crippen molar-refractivity contribution >= 4 is 66.4 Å². The van der Waals surface area contributed by atoms with E-state index >= 15 is 0 Å². The van der Waals surface area contributed by atoms with Crippen molar-refractivity contribution in [1.82, 2.24) is 19.6 Å². The van der Waals surface area contributed by atoms with Gasteiger partial charge in [-0.3, -0.25) is 9.59 Å². The number of carbonyl (C=O) groups is 2. The number of nitriles is 1. The molecule has 0 saturated heterocycles. The van der Waals surface area contributed by atoms with Crippen LogP contribution < -0.4 is 25.6 Å². The van der Waals surface area contributed by atoms with Gasteiger partial charge in [0.25, 0.3) is 0 Å². The molecule has 0 radical (unpaired) electrons. The van der Waals surface area contributed by atoms with Crippen LogP contribution in [0, 0.1) is 11.3 Å². The molecular formula is C36H31Cl2N9O7S2. The zero-order valence-electron chi connectivity index (χ0n) is 29.1. The SMILES string of the molecule is COc1ccc(CC(=O)Nc2ccc(-n3cc(Cl)cn3)c(S(N)(=O)=O)c2)cc1.N#Cc1cnn(-c2ccc(NC(=O)Cc3ccccc3Cl)cc2S(N)(=O)=O)c1. The number of benzene rings is 4. The minimum atomic E-state index is -4.12. The molecule has 56 heavy (non-hydrogen) atoms. The fraction of sp³-hybridized carbons (Fsp3) is 0.0833. The van der Waals surface area contributed by atoms with Crippen molar-refractivity contribution in [2.45, 2.75) is 22.6 Å². The Kier molecular flexibility index (Phi) is 12.9. The normalized spacial score (nSPS) is 11.1. The predicted molar refractivity (Wildman–Crippen MR) is 209 cm³/mol. The number of anilines is 2. The van der Waals surface area contributed by atoms with E-state index in [0.717, 1.165) is 5.56 Å². The molecule has 0 bridgehead atoms. The molecule has 0 aliphatic heterocycles. The molecule has 2 heterocycles. The highest BCUT2D eigenvalue weighted by atomic mass is 35.5. The highest BCUT2D eigenvalue weighted by Gasteiger charge is 2.20. The molecule has 0 aliphatic rings. The van der Waals surface area contributed by atoms with Crippen LogP contribution in [0.5, 0.6) is 5.75 Å². The summed E-state index contributed by atoms with van der Waals surface area (Å²) in [5.74, 6) is 0.0174. The number of amides is 2. The average molecular weight is 837 g/mol. The smallest absolute Gasteiger partial charge is 0.240 e. The second-order valence-corrected chi connectivity index (χ2v) is 15.6. The molecule has 4 aromatic carbocycles. The Morgan fingerprint density at radius 2 is 1.30 bits per heavy atom. The number of hydrogen-bond acceptors (Lipinski definition) is 10. The number of sulfonamides is 2. The quantitative estimate of drug-likeness (QED) is 0.141. The van der Waals surface area contributed by atoms with E-state index in [9.17, 15) is 26.4 Å². The molecule has 2 amide bonds. The summed E-state index contributed by atoms with van der Waals surface area (Å²) in [6.07, 6.45) is 5.64. The molecule has 6 rings (SSSR count). The standard InChI is InChI=1S/C18H14ClN5O3S.C18H17ClN4O4S/c19-15-4-2-1-3-13(15)7-18(25)23-14-5-6-16(17(8-14)28(21,26)27)24-11-12(9-20)10-22-24;1-27-15-5-2-12(3-6-15)8-18(24)22-14-4-7-16(17(9-14)28(20,25)26)23-11-13(19)10-21-23/h1-6,8,10-11H,7H2,(H,23,25)(H2,21,26,27);2-7,9-11H,8H2,1H3,(H,22,24)(H2,20,25,26). The Hall–Kier alpha value is -6.07. The molecule has 288 valence electrons. The van der Waals surface area contributed by atoms with Crippen molar-refractivity contribution in [3.63, 3.8) is 0 Å². The number of nitrogens with one attached hydrogen (secondary N) is 2. The van der Waals surface area contributed by atoms with Gasteiger partial charge < -0.3 is 15.4 Å². The Bertz CT molecular complexity index is 2680. The van der Waals surface area contributed by atoms with Gasteiger partial charge in [-0.05, 0) is 65.7 Å². The van der Waals surface area contributed by atoms with Crippen LogP contribution in [-0.4, -0.2) is 55.3 Å². The minimum absolute atomic E-state index is 0.0246. The van der Waals surface area contributed by atoms with E-state index in [1.54, 1.807) is 61.7 Å². The molecular weight excluding hydrogens is 805 g/mol. The number of halogens is 2. The fourth-order valence-corrected chi connectivity index (χ4v) is 6.94. The molecule has 0 unspecified atom stereocenters. The molecule has 20 heteroatoms. The van der Waals surface area contributed by atoms with Crippen LogP contribution in [0.25, 0.3) is 11.4 Å². The van der Waals surface area contributed by atoms with Crippen LogP contribution in [0.1, 0.15) is 16.7 Å². The minimum Gasteiger partial charge on any atom is -0.497 e. The summed E-state index contributed by atoms with van der Waals surface area (Å²) in [4.78, 5) is 24.2. The van der Waals surface area contributed by atoms with E-state index in [1.807, 2.05) is 6.07 Å². The van der Waals surface area contributed by atoms with Crippen molar-refractivity contribution in [1.29, 1.82) is 5.26 Å². The third-order valence-electron chi connectivity index (χ3n) is 7.69. The fourth-order valence-electron chi connectivity index (χ4n) is 5.12. The van der Waals surface area contributed by atoms with Gasteiger partial charge in [0.2, 0.25) is 31.9 Å². The summed E-state index contributed by atoms with van der Waals surface area (Å²) in [6.45, 7) is 0. The number of aromatic nitrogens is 4. The number of methoxy groups -OCH3 is 1. The Balaban J connectivity index is 0.000000214. The summed E-state index contributed by atoms with van der Waals surface area (Å²) in [5, 5.41) is 33.6. The lowest BCUT2D eigenvalue weighted by atomic mass is 10.1. The summed E-state index contributed by atoms with van der Waals surface area (Å²) in [5.41, 5.74) is 2.62. The van der Waals surface area contributed by atoms with Crippen LogP contribution in [0.4, 0.5) is 11.4 Å². The van der Waals surface area contributed by atoms with Crippen molar-refractivity contribution < 1.29 is 31.2 Å². The largest absolute Gasteiger partial charge is 0.497 e. The number of nitrogens with two attached hydrogens (primary N) is 2. The summed E-state index contributed by atoms with van der Waals surface area (Å²) in [7, 11) is -6.62. The molecule has 0 saturated carbocycles. The number of carbonyl (C=O) groups excluding carboxylic acids is 2. The van der Waals surface area contributed by atoms with Crippen molar-refractivity contribution in [3.8, 4) is 23.2 Å². The van der Waals surface area contributed by atoms with Gasteiger partial charge in [-0.1, -0.05) is 53.5 Å². The lowest BCUT2D eigenvalue weighted by molar-refractivity contribution is -0.116. The maximum Gasteiger partial charge on any atom is 0.240 e. The summed E-state index contributed by atoms with van der Waals surface area (Å²) < 4.78 is 55.6. The van der Waals surface area contributed by atoms with Gasteiger partial charge in [-0.2, -0.15) is 15.5 Å². The van der Waals surface area contributed by atoms with E-state index < -0.39 is 20.0 Å². The molecule has 6 aromatic rings.